The van der Waals surface area contributed by atoms with Crippen molar-refractivity contribution in [1.29, 1.82) is 0 Å². The fourth-order valence-corrected chi connectivity index (χ4v) is 1.45. The normalized spacial score (nSPS) is 16.2. The van der Waals surface area contributed by atoms with Gasteiger partial charge < -0.3 is 28.7 Å². The summed E-state index contributed by atoms with van der Waals surface area (Å²) >= 11 is 0. The minimum atomic E-state index is -4.17. The number of phosphoric acid groups is 1. The maximum atomic E-state index is 10.8. The summed E-state index contributed by atoms with van der Waals surface area (Å²) in [4.78, 5) is 20.6. The molecule has 0 fully saturated rings. The number of hydroxylamine groups is 2. The van der Waals surface area contributed by atoms with E-state index in [1.165, 1.54) is 0 Å². The molecule has 0 aliphatic rings. The van der Waals surface area contributed by atoms with Crippen LogP contribution in [0.1, 0.15) is 12.8 Å². The molecule has 116 valence electrons. The van der Waals surface area contributed by atoms with Crippen LogP contribution in [0, 0.1) is 0 Å². The summed E-state index contributed by atoms with van der Waals surface area (Å²) in [7, 11) is -1.50. The van der Waals surface area contributed by atoms with Gasteiger partial charge in [-0.3, -0.25) is 4.57 Å². The Balaban J connectivity index is 3.29. The third kappa shape index (κ3) is 12.7. The molecule has 0 bridgehead atoms. The van der Waals surface area contributed by atoms with E-state index in [0.717, 1.165) is 7.11 Å². The van der Waals surface area contributed by atoms with Crippen LogP contribution in [0.2, 0.25) is 0 Å². The molecule has 2 atom stereocenters. The van der Waals surface area contributed by atoms with Crippen LogP contribution >= 0.6 is 7.82 Å². The molecule has 0 saturated carbocycles. The van der Waals surface area contributed by atoms with Gasteiger partial charge in [-0.05, 0) is 12.8 Å². The molecule has 0 aliphatic carbocycles. The number of rotatable bonds is 13. The van der Waals surface area contributed by atoms with Gasteiger partial charge in [0.05, 0.1) is 25.9 Å². The second-order valence-corrected chi connectivity index (χ2v) is 5.01. The summed E-state index contributed by atoms with van der Waals surface area (Å²) in [6.45, 7) is 0.802. The van der Waals surface area contributed by atoms with E-state index < -0.39 is 13.9 Å². The van der Waals surface area contributed by atoms with Crippen LogP contribution in [-0.4, -0.2) is 51.7 Å². The fourth-order valence-electron chi connectivity index (χ4n) is 1.03. The summed E-state index contributed by atoms with van der Waals surface area (Å²) in [6.07, 6.45) is 0.432. The minimum absolute atomic E-state index is 0.0901. The van der Waals surface area contributed by atoms with Crippen molar-refractivity contribution in [2.75, 3.05) is 40.5 Å². The molecule has 0 spiro atoms. The van der Waals surface area contributed by atoms with Gasteiger partial charge in [-0.25, -0.2) is 11.0 Å². The number of aliphatic hydroxyl groups is 1. The van der Waals surface area contributed by atoms with Gasteiger partial charge >= 0.3 is 0 Å². The maximum absolute atomic E-state index is 10.8. The molecule has 0 rings (SSSR count). The van der Waals surface area contributed by atoms with Gasteiger partial charge in [0.1, 0.15) is 0 Å². The molecule has 0 heterocycles. The van der Waals surface area contributed by atoms with Crippen molar-refractivity contribution >= 4 is 7.82 Å². The van der Waals surface area contributed by atoms with E-state index in [0.29, 0.717) is 26.1 Å². The van der Waals surface area contributed by atoms with Crippen molar-refractivity contribution < 1.29 is 33.3 Å². The highest BCUT2D eigenvalue weighted by atomic mass is 31.2. The van der Waals surface area contributed by atoms with Gasteiger partial charge in [-0.1, -0.05) is 0 Å². The highest BCUT2D eigenvalue weighted by Gasteiger charge is 2.06. The molecule has 0 radical (unpaired) electrons. The standard InChI is InChI=1S/C9H23N2O7P/c1-10-16-6-3-9(12)4-7-17-11-5-8-18-19(13,14)15-2/h9-12H,3-8H2,1-2H3,(H,13,14)/p-1. The second kappa shape index (κ2) is 11.7. The van der Waals surface area contributed by atoms with Crippen LogP contribution in [0.25, 0.3) is 0 Å². The quantitative estimate of drug-likeness (QED) is 0.222. The van der Waals surface area contributed by atoms with Gasteiger partial charge in [0, 0.05) is 20.7 Å². The highest BCUT2D eigenvalue weighted by molar-refractivity contribution is 7.45. The molecule has 2 unspecified atom stereocenters. The molecule has 0 aromatic heterocycles. The third-order valence-electron chi connectivity index (χ3n) is 2.03. The lowest BCUT2D eigenvalue weighted by molar-refractivity contribution is -0.223. The topological polar surface area (TPSA) is 121 Å². The van der Waals surface area contributed by atoms with Crippen LogP contribution in [0.5, 0.6) is 0 Å². The van der Waals surface area contributed by atoms with Gasteiger partial charge in [0.15, 0.2) is 0 Å². The summed E-state index contributed by atoms with van der Waals surface area (Å²) in [5.74, 6) is 0. The lowest BCUT2D eigenvalue weighted by Crippen LogP contribution is -2.23. The largest absolute Gasteiger partial charge is 0.756 e. The Bertz CT molecular complexity index is 257. The average Bonchev–Trinajstić information content (AvgIpc) is 2.38. The Morgan fingerprint density at radius 2 is 1.89 bits per heavy atom. The van der Waals surface area contributed by atoms with E-state index in [1.807, 2.05) is 0 Å². The predicted molar refractivity (Wildman–Crippen MR) is 64.8 cm³/mol. The molecule has 19 heavy (non-hydrogen) atoms. The minimum Gasteiger partial charge on any atom is -0.756 e. The van der Waals surface area contributed by atoms with Crippen LogP contribution < -0.4 is 15.9 Å². The Morgan fingerprint density at radius 1 is 1.26 bits per heavy atom. The zero-order valence-corrected chi connectivity index (χ0v) is 12.1. The average molecular weight is 301 g/mol. The Kier molecular flexibility index (Phi) is 11.7. The molecule has 0 saturated heterocycles. The number of phosphoric ester groups is 1. The van der Waals surface area contributed by atoms with E-state index in [2.05, 4.69) is 20.0 Å². The second-order valence-electron chi connectivity index (χ2n) is 3.49. The zero-order chi connectivity index (χ0) is 14.6. The van der Waals surface area contributed by atoms with Crippen LogP contribution in [0.3, 0.4) is 0 Å². The lowest BCUT2D eigenvalue weighted by Gasteiger charge is -2.20. The summed E-state index contributed by atoms with van der Waals surface area (Å²) < 4.78 is 19.3. The Labute approximate surface area is 112 Å². The van der Waals surface area contributed by atoms with Crippen molar-refractivity contribution in [3.8, 4) is 0 Å². The number of hydrogen-bond donors (Lipinski definition) is 3. The summed E-state index contributed by atoms with van der Waals surface area (Å²) in [6, 6.07) is 0. The molecular formula is C9H22N2O7P-. The molecule has 9 nitrogen and oxygen atoms in total. The third-order valence-corrected chi connectivity index (χ3v) is 2.98. The predicted octanol–water partition coefficient (Wildman–Crippen LogP) is -1.07. The first-order chi connectivity index (χ1) is 9.02. The zero-order valence-electron chi connectivity index (χ0n) is 11.2. The SMILES string of the molecule is CNOCCC(O)CCONCCOP(=O)([O-])OC. The molecule has 0 aromatic carbocycles. The Hall–Kier alpha value is -0.0900. The molecule has 0 aromatic rings. The highest BCUT2D eigenvalue weighted by Crippen LogP contribution is 2.36. The number of aliphatic hydroxyl groups excluding tert-OH is 1. The van der Waals surface area contributed by atoms with E-state index in [-0.39, 0.29) is 13.2 Å². The van der Waals surface area contributed by atoms with E-state index >= 15 is 0 Å². The summed E-state index contributed by atoms with van der Waals surface area (Å²) in [5, 5.41) is 9.48. The van der Waals surface area contributed by atoms with E-state index in [9.17, 15) is 14.6 Å². The maximum Gasteiger partial charge on any atom is 0.267 e. The number of nitrogens with one attached hydrogen (secondary N) is 2. The van der Waals surface area contributed by atoms with Gasteiger partial charge in [0.2, 0.25) is 0 Å². The van der Waals surface area contributed by atoms with E-state index in [4.69, 9.17) is 9.68 Å². The van der Waals surface area contributed by atoms with Crippen molar-refractivity contribution in [3.05, 3.63) is 0 Å². The first kappa shape index (κ1) is 18.9. The smallest absolute Gasteiger partial charge is 0.267 e. The van der Waals surface area contributed by atoms with Gasteiger partial charge in [-0.2, -0.15) is 0 Å². The molecule has 0 amide bonds. The molecule has 0 aliphatic heterocycles. The van der Waals surface area contributed by atoms with Crippen molar-refractivity contribution in [3.63, 3.8) is 0 Å². The monoisotopic (exact) mass is 301 g/mol. The van der Waals surface area contributed by atoms with Crippen molar-refractivity contribution in [2.24, 2.45) is 0 Å². The first-order valence-electron chi connectivity index (χ1n) is 5.84. The first-order valence-corrected chi connectivity index (χ1v) is 7.30. The lowest BCUT2D eigenvalue weighted by atomic mass is 10.2. The van der Waals surface area contributed by atoms with Gasteiger partial charge in [0.25, 0.3) is 7.82 Å². The van der Waals surface area contributed by atoms with Crippen LogP contribution in [0.4, 0.5) is 0 Å². The van der Waals surface area contributed by atoms with Crippen molar-refractivity contribution in [2.45, 2.75) is 18.9 Å². The Morgan fingerprint density at radius 3 is 2.47 bits per heavy atom. The van der Waals surface area contributed by atoms with Crippen LogP contribution in [-0.2, 0) is 23.3 Å². The number of hydrogen-bond acceptors (Lipinski definition) is 9. The van der Waals surface area contributed by atoms with Crippen LogP contribution in [0.15, 0.2) is 0 Å². The summed E-state index contributed by atoms with van der Waals surface area (Å²) in [5.41, 5.74) is 5.01. The molecule has 3 N–H and O–H groups in total. The van der Waals surface area contributed by atoms with E-state index in [1.54, 1.807) is 7.05 Å². The molecular weight excluding hydrogens is 279 g/mol. The van der Waals surface area contributed by atoms with Crippen molar-refractivity contribution in [1.82, 2.24) is 11.0 Å². The fraction of sp³-hybridized carbons (Fsp3) is 1.00. The molecule has 10 heteroatoms. The van der Waals surface area contributed by atoms with Gasteiger partial charge in [-0.15, -0.1) is 0 Å².